The number of nitrogens with zero attached hydrogens (tertiary/aromatic N) is 1. The molecule has 4 heteroatoms. The van der Waals surface area contributed by atoms with Gasteiger partial charge in [0.1, 0.15) is 5.82 Å². The number of nitrogen functional groups attached to an aromatic ring is 1. The van der Waals surface area contributed by atoms with Crippen molar-refractivity contribution in [3.05, 3.63) is 18.2 Å². The number of pyridine rings is 1. The molecule has 0 atom stereocenters. The van der Waals surface area contributed by atoms with E-state index in [9.17, 15) is 0 Å². The predicted molar refractivity (Wildman–Crippen MR) is 53.1 cm³/mol. The van der Waals surface area contributed by atoms with E-state index in [1.807, 2.05) is 6.07 Å². The first kappa shape index (κ1) is 9.27. The van der Waals surface area contributed by atoms with Gasteiger partial charge in [0.25, 0.3) is 0 Å². The summed E-state index contributed by atoms with van der Waals surface area (Å²) in [5.74, 6) is 1.07. The molecule has 1 saturated heterocycles. The SMILES string of the molecule is CC1(COc2cccc(N)n2)COC1. The van der Waals surface area contributed by atoms with Crippen molar-refractivity contribution in [1.29, 1.82) is 0 Å². The Kier molecular flexibility index (Phi) is 2.29. The minimum Gasteiger partial charge on any atom is -0.477 e. The van der Waals surface area contributed by atoms with Crippen molar-refractivity contribution in [2.75, 3.05) is 25.6 Å². The second-order valence-corrected chi connectivity index (χ2v) is 3.99. The van der Waals surface area contributed by atoms with E-state index in [2.05, 4.69) is 11.9 Å². The van der Waals surface area contributed by atoms with E-state index in [0.29, 0.717) is 18.3 Å². The van der Waals surface area contributed by atoms with Gasteiger partial charge in [0.15, 0.2) is 0 Å². The van der Waals surface area contributed by atoms with Gasteiger partial charge in [-0.3, -0.25) is 0 Å². The fourth-order valence-electron chi connectivity index (χ4n) is 1.29. The predicted octanol–water partition coefficient (Wildman–Crippen LogP) is 1.08. The molecule has 2 rings (SSSR count). The van der Waals surface area contributed by atoms with Crippen LogP contribution in [-0.2, 0) is 4.74 Å². The van der Waals surface area contributed by atoms with Crippen molar-refractivity contribution >= 4 is 5.82 Å². The second-order valence-electron chi connectivity index (χ2n) is 3.99. The zero-order valence-electron chi connectivity index (χ0n) is 8.19. The normalized spacial score (nSPS) is 18.6. The largest absolute Gasteiger partial charge is 0.477 e. The summed E-state index contributed by atoms with van der Waals surface area (Å²) in [7, 11) is 0. The molecule has 76 valence electrons. The Morgan fingerprint density at radius 1 is 1.57 bits per heavy atom. The molecule has 0 unspecified atom stereocenters. The maximum atomic E-state index is 5.53. The van der Waals surface area contributed by atoms with Crippen LogP contribution in [0.5, 0.6) is 5.88 Å². The average Bonchev–Trinajstić information content (AvgIpc) is 2.12. The number of ether oxygens (including phenoxy) is 2. The zero-order valence-corrected chi connectivity index (χ0v) is 8.19. The summed E-state index contributed by atoms with van der Waals surface area (Å²) < 4.78 is 10.6. The standard InChI is InChI=1S/C10H14N2O2/c1-10(5-13-6-10)7-14-9-4-2-3-8(11)12-9/h2-4H,5-7H2,1H3,(H2,11,12). The molecule has 2 N–H and O–H groups in total. The van der Waals surface area contributed by atoms with E-state index in [-0.39, 0.29) is 5.41 Å². The first-order valence-corrected chi connectivity index (χ1v) is 4.61. The van der Waals surface area contributed by atoms with E-state index in [1.54, 1.807) is 12.1 Å². The van der Waals surface area contributed by atoms with E-state index in [0.717, 1.165) is 13.2 Å². The summed E-state index contributed by atoms with van der Waals surface area (Å²) in [6, 6.07) is 5.37. The average molecular weight is 194 g/mol. The van der Waals surface area contributed by atoms with Gasteiger partial charge in [0.2, 0.25) is 5.88 Å². The van der Waals surface area contributed by atoms with Gasteiger partial charge in [-0.25, -0.2) is 0 Å². The minimum absolute atomic E-state index is 0.145. The van der Waals surface area contributed by atoms with Gasteiger partial charge in [-0.15, -0.1) is 0 Å². The van der Waals surface area contributed by atoms with Crippen molar-refractivity contribution in [2.24, 2.45) is 5.41 Å². The molecule has 0 bridgehead atoms. The summed E-state index contributed by atoms with van der Waals surface area (Å²) >= 11 is 0. The third-order valence-corrected chi connectivity index (χ3v) is 2.21. The molecule has 0 aliphatic carbocycles. The van der Waals surface area contributed by atoms with Gasteiger partial charge in [0, 0.05) is 11.5 Å². The van der Waals surface area contributed by atoms with Gasteiger partial charge in [-0.05, 0) is 6.07 Å². The molecule has 0 aromatic carbocycles. The van der Waals surface area contributed by atoms with Crippen molar-refractivity contribution in [3.63, 3.8) is 0 Å². The molecule has 14 heavy (non-hydrogen) atoms. The van der Waals surface area contributed by atoms with Gasteiger partial charge >= 0.3 is 0 Å². The lowest BCUT2D eigenvalue weighted by Crippen LogP contribution is -2.44. The minimum atomic E-state index is 0.145. The highest BCUT2D eigenvalue weighted by atomic mass is 16.5. The molecule has 0 saturated carbocycles. The fraction of sp³-hybridized carbons (Fsp3) is 0.500. The molecular weight excluding hydrogens is 180 g/mol. The smallest absolute Gasteiger partial charge is 0.215 e. The Morgan fingerprint density at radius 3 is 2.93 bits per heavy atom. The van der Waals surface area contributed by atoms with Crippen LogP contribution in [0.3, 0.4) is 0 Å². The van der Waals surface area contributed by atoms with Crippen molar-refractivity contribution in [3.8, 4) is 5.88 Å². The van der Waals surface area contributed by atoms with Crippen LogP contribution in [0.25, 0.3) is 0 Å². The zero-order chi connectivity index (χ0) is 10.0. The Hall–Kier alpha value is -1.29. The lowest BCUT2D eigenvalue weighted by atomic mass is 9.90. The highest BCUT2D eigenvalue weighted by Crippen LogP contribution is 2.27. The number of hydrogen-bond acceptors (Lipinski definition) is 4. The van der Waals surface area contributed by atoms with Crippen molar-refractivity contribution in [1.82, 2.24) is 4.98 Å². The first-order chi connectivity index (χ1) is 6.68. The van der Waals surface area contributed by atoms with Crippen LogP contribution < -0.4 is 10.5 Å². The van der Waals surface area contributed by atoms with Gasteiger partial charge in [0.05, 0.1) is 19.8 Å². The second kappa shape index (κ2) is 3.46. The maximum absolute atomic E-state index is 5.53. The van der Waals surface area contributed by atoms with Crippen LogP contribution in [0, 0.1) is 5.41 Å². The molecule has 4 nitrogen and oxygen atoms in total. The van der Waals surface area contributed by atoms with E-state index in [1.165, 1.54) is 0 Å². The number of nitrogens with two attached hydrogens (primary N) is 1. The third-order valence-electron chi connectivity index (χ3n) is 2.21. The van der Waals surface area contributed by atoms with E-state index >= 15 is 0 Å². The number of hydrogen-bond donors (Lipinski definition) is 1. The summed E-state index contributed by atoms with van der Waals surface area (Å²) in [6.45, 7) is 4.27. The quantitative estimate of drug-likeness (QED) is 0.782. The lowest BCUT2D eigenvalue weighted by Gasteiger charge is -2.37. The van der Waals surface area contributed by atoms with Crippen LogP contribution >= 0.6 is 0 Å². The maximum Gasteiger partial charge on any atom is 0.215 e. The van der Waals surface area contributed by atoms with Gasteiger partial charge in [-0.2, -0.15) is 4.98 Å². The van der Waals surface area contributed by atoms with Crippen LogP contribution in [0.4, 0.5) is 5.82 Å². The van der Waals surface area contributed by atoms with Crippen molar-refractivity contribution < 1.29 is 9.47 Å². The summed E-state index contributed by atoms with van der Waals surface area (Å²) in [5.41, 5.74) is 5.67. The molecule has 1 aromatic heterocycles. The topological polar surface area (TPSA) is 57.4 Å². The Bertz CT molecular complexity index is 324. The number of aromatic nitrogens is 1. The Morgan fingerprint density at radius 2 is 2.36 bits per heavy atom. The molecule has 2 heterocycles. The van der Waals surface area contributed by atoms with Crippen LogP contribution in [0.15, 0.2) is 18.2 Å². The highest BCUT2D eigenvalue weighted by Gasteiger charge is 2.34. The lowest BCUT2D eigenvalue weighted by molar-refractivity contribution is -0.120. The molecular formula is C10H14N2O2. The first-order valence-electron chi connectivity index (χ1n) is 4.61. The molecule has 1 aliphatic heterocycles. The van der Waals surface area contributed by atoms with E-state index < -0.39 is 0 Å². The van der Waals surface area contributed by atoms with Crippen molar-refractivity contribution in [2.45, 2.75) is 6.92 Å². The Labute approximate surface area is 83.0 Å². The fourth-order valence-corrected chi connectivity index (χ4v) is 1.29. The monoisotopic (exact) mass is 194 g/mol. The van der Waals surface area contributed by atoms with Crippen LogP contribution in [0.2, 0.25) is 0 Å². The molecule has 0 amide bonds. The number of rotatable bonds is 3. The third kappa shape index (κ3) is 1.96. The summed E-state index contributed by atoms with van der Waals surface area (Å²) in [4.78, 5) is 4.05. The van der Waals surface area contributed by atoms with E-state index in [4.69, 9.17) is 15.2 Å². The molecule has 1 aliphatic rings. The molecule has 0 radical (unpaired) electrons. The highest BCUT2D eigenvalue weighted by molar-refractivity contribution is 5.31. The van der Waals surface area contributed by atoms with Gasteiger partial charge in [-0.1, -0.05) is 13.0 Å². The number of anilines is 1. The summed E-state index contributed by atoms with van der Waals surface area (Å²) in [6.07, 6.45) is 0. The summed E-state index contributed by atoms with van der Waals surface area (Å²) in [5, 5.41) is 0. The molecule has 1 fully saturated rings. The molecule has 1 aromatic rings. The van der Waals surface area contributed by atoms with Crippen LogP contribution in [-0.4, -0.2) is 24.8 Å². The van der Waals surface area contributed by atoms with Crippen LogP contribution in [0.1, 0.15) is 6.92 Å². The molecule has 0 spiro atoms. The van der Waals surface area contributed by atoms with Gasteiger partial charge < -0.3 is 15.2 Å². The Balaban J connectivity index is 1.91.